The van der Waals surface area contributed by atoms with Crippen LogP contribution < -0.4 is 16.0 Å². The van der Waals surface area contributed by atoms with E-state index in [0.29, 0.717) is 37.4 Å². The number of aryl methyl sites for hydroxylation is 1. The Morgan fingerprint density at radius 3 is 2.66 bits per heavy atom. The number of amides is 3. The molecule has 4 heterocycles. The first-order valence-electron chi connectivity index (χ1n) is 13.5. The van der Waals surface area contributed by atoms with Crippen molar-refractivity contribution < 1.29 is 23.2 Å². The molecule has 5 aliphatic rings. The average molecular weight is 529 g/mol. The molecule has 6 unspecified atom stereocenters. The lowest BCUT2D eigenvalue weighted by Crippen LogP contribution is -2.70. The van der Waals surface area contributed by atoms with Crippen LogP contribution in [-0.2, 0) is 14.4 Å². The Balaban J connectivity index is 1.38. The number of rotatable bonds is 9. The van der Waals surface area contributed by atoms with Gasteiger partial charge in [-0.05, 0) is 56.6 Å². The van der Waals surface area contributed by atoms with E-state index in [1.54, 1.807) is 12.4 Å². The van der Waals surface area contributed by atoms with Gasteiger partial charge < -0.3 is 20.9 Å². The molecule has 3 N–H and O–H groups in total. The third kappa shape index (κ3) is 5.45. The number of alkyl halides is 2. The zero-order valence-electron chi connectivity index (χ0n) is 21.5. The predicted octanol–water partition coefficient (Wildman–Crippen LogP) is 2.52. The highest BCUT2D eigenvalue weighted by Crippen LogP contribution is 2.49. The Morgan fingerprint density at radius 2 is 2.03 bits per heavy atom. The van der Waals surface area contributed by atoms with Gasteiger partial charge in [-0.15, -0.1) is 0 Å². The van der Waals surface area contributed by atoms with Crippen molar-refractivity contribution in [2.24, 2.45) is 17.8 Å². The Kier molecular flexibility index (Phi) is 7.25. The van der Waals surface area contributed by atoms with E-state index in [1.165, 1.54) is 4.90 Å². The van der Waals surface area contributed by atoms with Gasteiger partial charge in [0.05, 0.1) is 17.7 Å². The zero-order valence-corrected chi connectivity index (χ0v) is 21.5. The van der Waals surface area contributed by atoms with E-state index in [0.717, 1.165) is 18.4 Å². The van der Waals surface area contributed by atoms with Crippen LogP contribution in [0.5, 0.6) is 0 Å². The zero-order chi connectivity index (χ0) is 27.0. The first-order chi connectivity index (χ1) is 18.2. The van der Waals surface area contributed by atoms with Crippen molar-refractivity contribution in [2.75, 3.05) is 11.9 Å². The molecule has 1 aromatic heterocycles. The van der Waals surface area contributed by atoms with Crippen LogP contribution in [0.1, 0.15) is 56.9 Å². The summed E-state index contributed by atoms with van der Waals surface area (Å²) in [6, 6.07) is 0.0408. The highest BCUT2D eigenvalue weighted by Gasteiger charge is 2.61. The molecule has 2 aliphatic carbocycles. The molecule has 3 saturated heterocycles. The maximum atomic E-state index is 15.1. The lowest BCUT2D eigenvalue weighted by molar-refractivity contribution is -0.194. The van der Waals surface area contributed by atoms with Crippen LogP contribution in [0.3, 0.4) is 0 Å². The van der Waals surface area contributed by atoms with Crippen LogP contribution in [0.4, 0.5) is 14.5 Å². The molecule has 3 amide bonds. The fraction of sp³-hybridized carbons (Fsp3) is 0.667. The maximum absolute atomic E-state index is 15.1. The molecule has 38 heavy (non-hydrogen) atoms. The summed E-state index contributed by atoms with van der Waals surface area (Å²) in [5, 5.41) is 18.2. The molecule has 6 atom stereocenters. The molecule has 3 aliphatic heterocycles. The molecule has 5 fully saturated rings. The highest BCUT2D eigenvalue weighted by molar-refractivity contribution is 5.92. The maximum Gasteiger partial charge on any atom is 0.255 e. The molecular formula is C27H34F2N6O3. The van der Waals surface area contributed by atoms with Crippen molar-refractivity contribution in [3.8, 4) is 6.07 Å². The van der Waals surface area contributed by atoms with Gasteiger partial charge in [-0.1, -0.05) is 12.8 Å². The number of nitrogens with one attached hydrogen (secondary N) is 3. The summed E-state index contributed by atoms with van der Waals surface area (Å²) >= 11 is 0. The van der Waals surface area contributed by atoms with E-state index >= 15 is 8.78 Å². The monoisotopic (exact) mass is 528 g/mol. The third-order valence-electron chi connectivity index (χ3n) is 8.39. The topological polar surface area (TPSA) is 127 Å². The van der Waals surface area contributed by atoms with Gasteiger partial charge in [0.2, 0.25) is 17.7 Å². The van der Waals surface area contributed by atoms with Crippen molar-refractivity contribution >= 4 is 23.4 Å². The van der Waals surface area contributed by atoms with Gasteiger partial charge in [-0.25, -0.2) is 8.78 Å². The normalized spacial score (nSPS) is 29.2. The van der Waals surface area contributed by atoms with E-state index in [4.69, 9.17) is 0 Å². The van der Waals surface area contributed by atoms with Crippen molar-refractivity contribution in [1.29, 1.82) is 5.26 Å². The predicted molar refractivity (Wildman–Crippen MR) is 134 cm³/mol. The third-order valence-corrected chi connectivity index (χ3v) is 8.39. The smallest absolute Gasteiger partial charge is 0.255 e. The number of hydrogen-bond donors (Lipinski definition) is 3. The molecule has 0 spiro atoms. The number of pyridine rings is 1. The number of piperidine rings is 2. The average Bonchev–Trinajstić information content (AvgIpc) is 3.61. The Morgan fingerprint density at radius 1 is 1.24 bits per heavy atom. The Bertz CT molecular complexity index is 1140. The van der Waals surface area contributed by atoms with Crippen LogP contribution in [0.15, 0.2) is 18.5 Å². The number of anilines is 1. The quantitative estimate of drug-likeness (QED) is 0.452. The van der Waals surface area contributed by atoms with Crippen LogP contribution in [0.25, 0.3) is 0 Å². The second-order valence-corrected chi connectivity index (χ2v) is 11.3. The molecule has 204 valence electrons. The summed E-state index contributed by atoms with van der Waals surface area (Å²) in [6.07, 6.45) is 6.59. The van der Waals surface area contributed by atoms with E-state index < -0.39 is 54.3 Å². The SMILES string of the molecule is Cc1cncc(NC(CC2CC2)C(=O)N2C3CCC(C2C(=O)NC(C#N)CC2CCNC2=O)C(F)(F)C3)c1. The highest BCUT2D eigenvalue weighted by atomic mass is 19.3. The van der Waals surface area contributed by atoms with Crippen molar-refractivity contribution in [3.63, 3.8) is 0 Å². The summed E-state index contributed by atoms with van der Waals surface area (Å²) in [6.45, 7) is 2.39. The summed E-state index contributed by atoms with van der Waals surface area (Å²) < 4.78 is 30.2. The molecule has 6 rings (SSSR count). The van der Waals surface area contributed by atoms with Gasteiger partial charge in [0.1, 0.15) is 18.1 Å². The standard InChI is InChI=1S/C27H34F2N6O3/c1-15-8-19(14-31-13-15)33-22(9-16-2-3-16)26(38)35-20-4-5-21(27(28,29)11-20)23(35)25(37)34-18(12-30)10-17-6-7-32-24(17)36/h8,13-14,16-18,20-23,33H,2-7,9-11H2,1H3,(H,32,36)(H,34,37). The number of carbonyl (C=O) groups is 3. The summed E-state index contributed by atoms with van der Waals surface area (Å²) in [7, 11) is 0. The number of aromatic nitrogens is 1. The van der Waals surface area contributed by atoms with Gasteiger partial charge in [0.15, 0.2) is 0 Å². The minimum Gasteiger partial charge on any atom is -0.372 e. The van der Waals surface area contributed by atoms with Gasteiger partial charge in [0, 0.05) is 37.3 Å². The molecule has 9 nitrogen and oxygen atoms in total. The van der Waals surface area contributed by atoms with E-state index in [-0.39, 0.29) is 24.7 Å². The first-order valence-corrected chi connectivity index (χ1v) is 13.5. The summed E-state index contributed by atoms with van der Waals surface area (Å²) in [5.41, 5.74) is 1.58. The molecule has 2 bridgehead atoms. The summed E-state index contributed by atoms with van der Waals surface area (Å²) in [4.78, 5) is 45.1. The largest absolute Gasteiger partial charge is 0.372 e. The van der Waals surface area contributed by atoms with E-state index in [1.807, 2.05) is 19.1 Å². The van der Waals surface area contributed by atoms with Gasteiger partial charge in [0.25, 0.3) is 5.92 Å². The number of halogens is 2. The number of carbonyl (C=O) groups excluding carboxylic acids is 3. The van der Waals surface area contributed by atoms with Crippen molar-refractivity contribution in [3.05, 3.63) is 24.0 Å². The second kappa shape index (κ2) is 10.5. The molecule has 0 radical (unpaired) electrons. The van der Waals surface area contributed by atoms with Crippen LogP contribution in [0, 0.1) is 36.0 Å². The van der Waals surface area contributed by atoms with Crippen LogP contribution >= 0.6 is 0 Å². The number of nitriles is 1. The molecule has 0 aromatic carbocycles. The van der Waals surface area contributed by atoms with Crippen LogP contribution in [-0.4, -0.2) is 64.2 Å². The lowest BCUT2D eigenvalue weighted by Gasteiger charge is -2.54. The van der Waals surface area contributed by atoms with Gasteiger partial charge in [-0.2, -0.15) is 5.26 Å². The molecule has 11 heteroatoms. The number of nitrogens with zero attached hydrogens (tertiary/aromatic N) is 3. The molecule has 2 saturated carbocycles. The first kappa shape index (κ1) is 26.3. The Labute approximate surface area is 220 Å². The van der Waals surface area contributed by atoms with Crippen LogP contribution in [0.2, 0.25) is 0 Å². The minimum absolute atomic E-state index is 0.103. The summed E-state index contributed by atoms with van der Waals surface area (Å²) in [5.74, 6) is -5.77. The fourth-order valence-corrected chi connectivity index (χ4v) is 6.30. The Hall–Kier alpha value is -3.29. The van der Waals surface area contributed by atoms with E-state index in [9.17, 15) is 19.6 Å². The number of hydrogen-bond acceptors (Lipinski definition) is 6. The molecular weight excluding hydrogens is 494 g/mol. The lowest BCUT2D eigenvalue weighted by atomic mass is 9.71. The number of fused-ring (bicyclic) bond motifs is 3. The van der Waals surface area contributed by atoms with Crippen molar-refractivity contribution in [1.82, 2.24) is 20.5 Å². The van der Waals surface area contributed by atoms with Gasteiger partial charge in [-0.3, -0.25) is 19.4 Å². The second-order valence-electron chi connectivity index (χ2n) is 11.3. The van der Waals surface area contributed by atoms with Gasteiger partial charge >= 0.3 is 0 Å². The van der Waals surface area contributed by atoms with Crippen molar-refractivity contribution in [2.45, 2.75) is 88.4 Å². The fourth-order valence-electron chi connectivity index (χ4n) is 6.30. The minimum atomic E-state index is -3.09. The van der Waals surface area contributed by atoms with E-state index in [2.05, 4.69) is 20.9 Å². The molecule has 1 aromatic rings.